The fraction of sp³-hybridized carbons (Fsp3) is 0.222. The van der Waals surface area contributed by atoms with E-state index in [4.69, 9.17) is 0 Å². The average molecular weight is 375 g/mol. The summed E-state index contributed by atoms with van der Waals surface area (Å²) in [6.45, 7) is -0.225. The number of rotatable bonds is 6. The van der Waals surface area contributed by atoms with Crippen LogP contribution in [-0.4, -0.2) is 47.1 Å². The Hall–Kier alpha value is -2.87. The molecule has 0 aliphatic heterocycles. The zero-order valence-electron chi connectivity index (χ0n) is 14.8. The van der Waals surface area contributed by atoms with Gasteiger partial charge >= 0.3 is 0 Å². The Labute approximate surface area is 152 Å². The first-order valence-electron chi connectivity index (χ1n) is 7.82. The molecule has 2 amide bonds. The molecule has 0 unspecified atom stereocenters. The lowest BCUT2D eigenvalue weighted by atomic mass is 10.2. The fourth-order valence-electron chi connectivity index (χ4n) is 2.18. The lowest BCUT2D eigenvalue weighted by Gasteiger charge is -2.13. The first-order chi connectivity index (χ1) is 12.2. The van der Waals surface area contributed by atoms with Crippen LogP contribution in [0.25, 0.3) is 0 Å². The smallest absolute Gasteiger partial charge is 0.251 e. The molecule has 2 aromatic carbocycles. The molecule has 26 heavy (non-hydrogen) atoms. The molecule has 0 saturated heterocycles. The number of nitrogens with zero attached hydrogens (tertiary/aromatic N) is 1. The normalized spacial score (nSPS) is 10.9. The molecule has 8 heteroatoms. The summed E-state index contributed by atoms with van der Waals surface area (Å²) in [6.07, 6.45) is 1.07. The van der Waals surface area contributed by atoms with E-state index in [0.29, 0.717) is 5.69 Å². The van der Waals surface area contributed by atoms with Crippen molar-refractivity contribution in [1.82, 2.24) is 5.32 Å². The molecular weight excluding hydrogens is 354 g/mol. The van der Waals surface area contributed by atoms with Crippen molar-refractivity contribution in [2.45, 2.75) is 4.90 Å². The molecule has 0 aromatic heterocycles. The highest BCUT2D eigenvalue weighted by Crippen LogP contribution is 2.15. The van der Waals surface area contributed by atoms with Crippen molar-refractivity contribution in [3.63, 3.8) is 0 Å². The van der Waals surface area contributed by atoms with E-state index in [1.54, 1.807) is 12.1 Å². The van der Waals surface area contributed by atoms with Crippen molar-refractivity contribution in [1.29, 1.82) is 0 Å². The Morgan fingerprint density at radius 1 is 1.04 bits per heavy atom. The molecule has 0 aliphatic rings. The molecule has 0 atom stereocenters. The van der Waals surface area contributed by atoms with Gasteiger partial charge in [-0.15, -0.1) is 0 Å². The molecule has 2 N–H and O–H groups in total. The standard InChI is InChI=1S/C18H21N3O4S/c1-21(2)15-9-7-14(8-10-15)20-17(22)12-19-18(23)13-5-4-6-16(11-13)26(3,24)25/h4-11H,12H2,1-3H3,(H,19,23)(H,20,22). The SMILES string of the molecule is CN(C)c1ccc(NC(=O)CNC(=O)c2cccc(S(C)(=O)=O)c2)cc1. The first kappa shape index (κ1) is 19.5. The predicted octanol–water partition coefficient (Wildman–Crippen LogP) is 1.52. The van der Waals surface area contributed by atoms with E-state index in [9.17, 15) is 18.0 Å². The van der Waals surface area contributed by atoms with Crippen LogP contribution in [0.2, 0.25) is 0 Å². The van der Waals surface area contributed by atoms with Crippen molar-refractivity contribution in [3.8, 4) is 0 Å². The minimum Gasteiger partial charge on any atom is -0.378 e. The van der Waals surface area contributed by atoms with Crippen LogP contribution in [0, 0.1) is 0 Å². The number of carbonyl (C=O) groups is 2. The number of amides is 2. The van der Waals surface area contributed by atoms with Gasteiger partial charge in [0, 0.05) is 37.3 Å². The Morgan fingerprint density at radius 3 is 2.27 bits per heavy atom. The van der Waals surface area contributed by atoms with E-state index in [0.717, 1.165) is 11.9 Å². The molecule has 0 saturated carbocycles. The summed E-state index contributed by atoms with van der Waals surface area (Å²) < 4.78 is 23.1. The quantitative estimate of drug-likeness (QED) is 0.798. The van der Waals surface area contributed by atoms with E-state index in [2.05, 4.69) is 10.6 Å². The number of hydrogen-bond acceptors (Lipinski definition) is 5. The minimum absolute atomic E-state index is 0.0515. The molecular formula is C18H21N3O4S. The first-order valence-corrected chi connectivity index (χ1v) is 9.71. The van der Waals surface area contributed by atoms with E-state index in [-0.39, 0.29) is 22.9 Å². The van der Waals surface area contributed by atoms with Gasteiger partial charge in [0.2, 0.25) is 5.91 Å². The van der Waals surface area contributed by atoms with Crippen LogP contribution in [0.1, 0.15) is 10.4 Å². The van der Waals surface area contributed by atoms with Gasteiger partial charge in [-0.1, -0.05) is 6.07 Å². The number of hydrogen-bond donors (Lipinski definition) is 2. The van der Waals surface area contributed by atoms with Crippen LogP contribution in [-0.2, 0) is 14.6 Å². The predicted molar refractivity (Wildman–Crippen MR) is 101 cm³/mol. The maximum Gasteiger partial charge on any atom is 0.251 e. The second-order valence-electron chi connectivity index (χ2n) is 5.97. The topological polar surface area (TPSA) is 95.6 Å². The summed E-state index contributed by atoms with van der Waals surface area (Å²) in [5, 5.41) is 5.16. The Kier molecular flexibility index (Phi) is 5.99. The van der Waals surface area contributed by atoms with Crippen LogP contribution >= 0.6 is 0 Å². The van der Waals surface area contributed by atoms with E-state index in [1.807, 2.05) is 31.1 Å². The highest BCUT2D eigenvalue weighted by atomic mass is 32.2. The fourth-order valence-corrected chi connectivity index (χ4v) is 2.85. The van der Waals surface area contributed by atoms with Gasteiger partial charge in [0.1, 0.15) is 0 Å². The Morgan fingerprint density at radius 2 is 1.69 bits per heavy atom. The van der Waals surface area contributed by atoms with Gasteiger partial charge in [-0.2, -0.15) is 0 Å². The second-order valence-corrected chi connectivity index (χ2v) is 7.99. The average Bonchev–Trinajstić information content (AvgIpc) is 2.59. The van der Waals surface area contributed by atoms with Gasteiger partial charge in [0.05, 0.1) is 11.4 Å². The van der Waals surface area contributed by atoms with Crippen LogP contribution in [0.15, 0.2) is 53.4 Å². The summed E-state index contributed by atoms with van der Waals surface area (Å²) >= 11 is 0. The molecule has 0 bridgehead atoms. The van der Waals surface area contributed by atoms with Gasteiger partial charge in [0.25, 0.3) is 5.91 Å². The van der Waals surface area contributed by atoms with E-state index in [1.165, 1.54) is 24.3 Å². The van der Waals surface area contributed by atoms with Crippen LogP contribution in [0.4, 0.5) is 11.4 Å². The van der Waals surface area contributed by atoms with Crippen molar-refractivity contribution in [2.24, 2.45) is 0 Å². The molecule has 0 radical (unpaired) electrons. The number of carbonyl (C=O) groups excluding carboxylic acids is 2. The van der Waals surface area contributed by atoms with Crippen molar-refractivity contribution in [2.75, 3.05) is 37.1 Å². The minimum atomic E-state index is -3.40. The summed E-state index contributed by atoms with van der Waals surface area (Å²) in [5.41, 5.74) is 1.80. The third-order valence-corrected chi connectivity index (χ3v) is 4.71. The van der Waals surface area contributed by atoms with E-state index < -0.39 is 15.7 Å². The molecule has 0 heterocycles. The molecule has 0 aliphatic carbocycles. The third-order valence-electron chi connectivity index (χ3n) is 3.60. The zero-order valence-corrected chi connectivity index (χ0v) is 15.6. The monoisotopic (exact) mass is 375 g/mol. The summed E-state index contributed by atoms with van der Waals surface area (Å²) in [6, 6.07) is 12.9. The van der Waals surface area contributed by atoms with Crippen molar-refractivity contribution < 1.29 is 18.0 Å². The lowest BCUT2D eigenvalue weighted by molar-refractivity contribution is -0.115. The van der Waals surface area contributed by atoms with Gasteiger partial charge in [-0.25, -0.2) is 8.42 Å². The molecule has 2 aromatic rings. The number of sulfone groups is 1. The van der Waals surface area contributed by atoms with Crippen molar-refractivity contribution >= 4 is 33.0 Å². The van der Waals surface area contributed by atoms with E-state index >= 15 is 0 Å². The zero-order chi connectivity index (χ0) is 19.3. The van der Waals surface area contributed by atoms with Crippen molar-refractivity contribution in [3.05, 3.63) is 54.1 Å². The maximum atomic E-state index is 12.1. The molecule has 0 fully saturated rings. The highest BCUT2D eigenvalue weighted by Gasteiger charge is 2.12. The summed E-state index contributed by atoms with van der Waals surface area (Å²) in [4.78, 5) is 26.1. The highest BCUT2D eigenvalue weighted by molar-refractivity contribution is 7.90. The molecule has 7 nitrogen and oxygen atoms in total. The summed E-state index contributed by atoms with van der Waals surface area (Å²) in [7, 11) is 0.434. The Bertz CT molecular complexity index is 906. The maximum absolute atomic E-state index is 12.1. The van der Waals surface area contributed by atoms with Gasteiger partial charge in [-0.3, -0.25) is 9.59 Å². The van der Waals surface area contributed by atoms with Gasteiger partial charge in [-0.05, 0) is 42.5 Å². The third kappa shape index (κ3) is 5.32. The van der Waals surface area contributed by atoms with Gasteiger partial charge in [0.15, 0.2) is 9.84 Å². The summed E-state index contributed by atoms with van der Waals surface area (Å²) in [5.74, 6) is -0.899. The number of nitrogens with one attached hydrogen (secondary N) is 2. The van der Waals surface area contributed by atoms with Crippen LogP contribution < -0.4 is 15.5 Å². The largest absolute Gasteiger partial charge is 0.378 e. The second kappa shape index (κ2) is 8.01. The molecule has 2 rings (SSSR count). The lowest BCUT2D eigenvalue weighted by Crippen LogP contribution is -2.32. The molecule has 0 spiro atoms. The van der Waals surface area contributed by atoms with Gasteiger partial charge < -0.3 is 15.5 Å². The number of benzene rings is 2. The van der Waals surface area contributed by atoms with Crippen LogP contribution in [0.5, 0.6) is 0 Å². The van der Waals surface area contributed by atoms with Crippen LogP contribution in [0.3, 0.4) is 0 Å². The Balaban J connectivity index is 1.93. The number of anilines is 2. The molecule has 138 valence electrons.